The van der Waals surface area contributed by atoms with Crippen LogP contribution < -0.4 is 5.32 Å². The largest absolute Gasteiger partial charge is 0.380 e. The van der Waals surface area contributed by atoms with Crippen molar-refractivity contribution < 1.29 is 0 Å². The van der Waals surface area contributed by atoms with E-state index in [9.17, 15) is 0 Å². The van der Waals surface area contributed by atoms with Crippen LogP contribution in [0.4, 0.5) is 5.69 Å². The zero-order valence-electron chi connectivity index (χ0n) is 11.7. The fraction of sp³-hybridized carbons (Fsp3) is 0.400. The first-order valence-corrected chi connectivity index (χ1v) is 7.92. The Kier molecular flexibility index (Phi) is 4.31. The number of hydrogen-bond acceptors (Lipinski definition) is 3. The van der Waals surface area contributed by atoms with Crippen molar-refractivity contribution in [2.45, 2.75) is 39.7 Å². The number of aryl methyl sites for hydroxylation is 1. The summed E-state index contributed by atoms with van der Waals surface area (Å²) in [6, 6.07) is 6.33. The first-order chi connectivity index (χ1) is 8.86. The average Bonchev–Trinajstić information content (AvgIpc) is 2.79. The van der Waals surface area contributed by atoms with Gasteiger partial charge < -0.3 is 5.32 Å². The van der Waals surface area contributed by atoms with Crippen molar-refractivity contribution in [2.75, 3.05) is 5.32 Å². The van der Waals surface area contributed by atoms with E-state index in [2.05, 4.69) is 72.1 Å². The van der Waals surface area contributed by atoms with Crippen LogP contribution in [0.25, 0.3) is 0 Å². The first kappa shape index (κ1) is 14.5. The van der Waals surface area contributed by atoms with Crippen molar-refractivity contribution in [2.24, 2.45) is 0 Å². The van der Waals surface area contributed by atoms with Gasteiger partial charge in [0.2, 0.25) is 0 Å². The van der Waals surface area contributed by atoms with Crippen LogP contribution in [0.5, 0.6) is 0 Å². The van der Waals surface area contributed by atoms with Crippen molar-refractivity contribution in [3.05, 3.63) is 44.3 Å². The minimum absolute atomic E-state index is 0.135. The van der Waals surface area contributed by atoms with E-state index >= 15 is 0 Å². The molecule has 19 heavy (non-hydrogen) atoms. The van der Waals surface area contributed by atoms with Gasteiger partial charge in [-0.3, -0.25) is 0 Å². The maximum Gasteiger partial charge on any atom is 0.0981 e. The predicted octanol–water partition coefficient (Wildman–Crippen LogP) is 5.12. The highest BCUT2D eigenvalue weighted by Gasteiger charge is 2.17. The summed E-state index contributed by atoms with van der Waals surface area (Å²) < 4.78 is 1.14. The molecule has 0 fully saturated rings. The van der Waals surface area contributed by atoms with Crippen LogP contribution in [0.15, 0.2) is 28.9 Å². The van der Waals surface area contributed by atoms with Gasteiger partial charge in [0.15, 0.2) is 0 Å². The van der Waals surface area contributed by atoms with Gasteiger partial charge in [-0.05, 0) is 24.6 Å². The molecule has 1 heterocycles. The van der Waals surface area contributed by atoms with Gasteiger partial charge in [-0.2, -0.15) is 0 Å². The molecular formula is C15H19BrN2S. The summed E-state index contributed by atoms with van der Waals surface area (Å²) in [4.78, 5) is 5.77. The molecule has 0 aliphatic heterocycles. The lowest BCUT2D eigenvalue weighted by Gasteiger charge is -2.13. The highest BCUT2D eigenvalue weighted by atomic mass is 79.9. The minimum atomic E-state index is 0.135. The maximum atomic E-state index is 4.50. The molecule has 0 radical (unpaired) electrons. The molecule has 102 valence electrons. The third-order valence-corrected chi connectivity index (χ3v) is 5.11. The molecule has 0 unspecified atom stereocenters. The number of hydrogen-bond donors (Lipinski definition) is 1. The second-order valence-electron chi connectivity index (χ2n) is 5.70. The van der Waals surface area contributed by atoms with Crippen LogP contribution in [0.2, 0.25) is 0 Å². The maximum absolute atomic E-state index is 4.50. The number of nitrogens with zero attached hydrogens (tertiary/aromatic N) is 1. The molecule has 2 aromatic rings. The van der Waals surface area contributed by atoms with Crippen LogP contribution in [0, 0.1) is 6.92 Å². The van der Waals surface area contributed by atoms with Crippen molar-refractivity contribution in [3.63, 3.8) is 0 Å². The van der Waals surface area contributed by atoms with Gasteiger partial charge in [-0.25, -0.2) is 4.98 Å². The molecule has 4 heteroatoms. The number of aromatic nitrogens is 1. The molecule has 0 atom stereocenters. The predicted molar refractivity (Wildman–Crippen MR) is 87.0 cm³/mol. The number of rotatable bonds is 3. The van der Waals surface area contributed by atoms with E-state index in [1.54, 1.807) is 11.3 Å². The van der Waals surface area contributed by atoms with Gasteiger partial charge in [-0.15, -0.1) is 11.3 Å². The zero-order valence-corrected chi connectivity index (χ0v) is 14.2. The summed E-state index contributed by atoms with van der Waals surface area (Å²) in [5.41, 5.74) is 2.51. The fourth-order valence-electron chi connectivity index (χ4n) is 1.63. The summed E-state index contributed by atoms with van der Waals surface area (Å²) in [5, 5.41) is 4.62. The van der Waals surface area contributed by atoms with Crippen molar-refractivity contribution in [1.29, 1.82) is 0 Å². The van der Waals surface area contributed by atoms with Gasteiger partial charge in [0, 0.05) is 26.6 Å². The quantitative estimate of drug-likeness (QED) is 0.839. The molecule has 0 saturated heterocycles. The third-order valence-electron chi connectivity index (χ3n) is 2.83. The monoisotopic (exact) mass is 338 g/mol. The Morgan fingerprint density at radius 1 is 1.32 bits per heavy atom. The van der Waals surface area contributed by atoms with Crippen molar-refractivity contribution >= 4 is 33.0 Å². The number of halogens is 1. The Balaban J connectivity index is 2.02. The molecular weight excluding hydrogens is 320 g/mol. The third kappa shape index (κ3) is 3.80. The van der Waals surface area contributed by atoms with E-state index in [0.717, 1.165) is 16.7 Å². The van der Waals surface area contributed by atoms with Crippen molar-refractivity contribution in [3.8, 4) is 0 Å². The summed E-state index contributed by atoms with van der Waals surface area (Å²) in [5.74, 6) is 0. The lowest BCUT2D eigenvalue weighted by molar-refractivity contribution is 0.585. The highest BCUT2D eigenvalue weighted by molar-refractivity contribution is 9.10. The average molecular weight is 339 g/mol. The molecule has 1 aromatic heterocycles. The van der Waals surface area contributed by atoms with E-state index in [4.69, 9.17) is 0 Å². The Morgan fingerprint density at radius 3 is 2.63 bits per heavy atom. The molecule has 0 aliphatic rings. The lowest BCUT2D eigenvalue weighted by atomic mass is 9.98. The van der Waals surface area contributed by atoms with Crippen LogP contribution in [0.1, 0.15) is 36.2 Å². The van der Waals surface area contributed by atoms with Gasteiger partial charge in [0.25, 0.3) is 0 Å². The molecule has 0 aliphatic carbocycles. The van der Waals surface area contributed by atoms with Crippen LogP contribution >= 0.6 is 27.3 Å². The molecule has 2 nitrogen and oxygen atoms in total. The standard InChI is InChI=1S/C15H19BrN2S/c1-10-5-6-11(7-13(10)16)17-8-12-9-18-14(19-12)15(2,3)4/h5-7,9,17H,8H2,1-4H3. The minimum Gasteiger partial charge on any atom is -0.380 e. The first-order valence-electron chi connectivity index (χ1n) is 6.31. The topological polar surface area (TPSA) is 24.9 Å². The van der Waals surface area contributed by atoms with Crippen molar-refractivity contribution in [1.82, 2.24) is 4.98 Å². The molecule has 0 spiro atoms. The normalized spacial score (nSPS) is 11.6. The molecule has 1 N–H and O–H groups in total. The summed E-state index contributed by atoms with van der Waals surface area (Å²) >= 11 is 5.33. The second-order valence-corrected chi connectivity index (χ2v) is 7.67. The zero-order chi connectivity index (χ0) is 14.0. The molecule has 1 aromatic carbocycles. The van der Waals surface area contributed by atoms with Crippen LogP contribution in [-0.4, -0.2) is 4.98 Å². The van der Waals surface area contributed by atoms with Gasteiger partial charge in [0.05, 0.1) is 11.6 Å². The molecule has 0 amide bonds. The second kappa shape index (κ2) is 5.63. The molecule has 0 bridgehead atoms. The smallest absolute Gasteiger partial charge is 0.0981 e. The number of benzene rings is 1. The van der Waals surface area contributed by atoms with Crippen LogP contribution in [0.3, 0.4) is 0 Å². The molecule has 0 saturated carbocycles. The van der Waals surface area contributed by atoms with E-state index in [1.807, 2.05) is 6.20 Å². The summed E-state index contributed by atoms with van der Waals surface area (Å²) in [6.45, 7) is 9.50. The fourth-order valence-corrected chi connectivity index (χ4v) is 2.92. The van der Waals surface area contributed by atoms with E-state index < -0.39 is 0 Å². The Hall–Kier alpha value is -0.870. The lowest BCUT2D eigenvalue weighted by Crippen LogP contribution is -2.09. The summed E-state index contributed by atoms with van der Waals surface area (Å²) in [7, 11) is 0. The number of nitrogens with one attached hydrogen (secondary N) is 1. The highest BCUT2D eigenvalue weighted by Crippen LogP contribution is 2.27. The van der Waals surface area contributed by atoms with Crippen LogP contribution in [-0.2, 0) is 12.0 Å². The number of thiazole rings is 1. The summed E-state index contributed by atoms with van der Waals surface area (Å²) in [6.07, 6.45) is 1.97. The van der Waals surface area contributed by atoms with E-state index in [1.165, 1.54) is 15.4 Å². The van der Waals surface area contributed by atoms with Gasteiger partial charge >= 0.3 is 0 Å². The number of anilines is 1. The Bertz CT molecular complexity index is 570. The molecule has 2 rings (SSSR count). The SMILES string of the molecule is Cc1ccc(NCc2cnc(C(C)(C)C)s2)cc1Br. The Labute approximate surface area is 127 Å². The van der Waals surface area contributed by atoms with Gasteiger partial charge in [0.1, 0.15) is 0 Å². The Morgan fingerprint density at radius 2 is 2.05 bits per heavy atom. The van der Waals surface area contributed by atoms with Gasteiger partial charge in [-0.1, -0.05) is 42.8 Å². The van der Waals surface area contributed by atoms with E-state index in [0.29, 0.717) is 0 Å². The van der Waals surface area contributed by atoms with E-state index in [-0.39, 0.29) is 5.41 Å².